The number of hydrogen-bond acceptors (Lipinski definition) is 4. The first kappa shape index (κ1) is 13.2. The van der Waals surface area contributed by atoms with Crippen LogP contribution in [0.15, 0.2) is 16.7 Å². The van der Waals surface area contributed by atoms with Crippen LogP contribution >= 0.6 is 0 Å². The Balaban J connectivity index is 2.60. The van der Waals surface area contributed by atoms with E-state index in [9.17, 15) is 0 Å². The van der Waals surface area contributed by atoms with E-state index in [-0.39, 0.29) is 11.6 Å². The van der Waals surface area contributed by atoms with E-state index in [4.69, 9.17) is 15.0 Å². The summed E-state index contributed by atoms with van der Waals surface area (Å²) in [6, 6.07) is 1.99. The molecule has 16 heavy (non-hydrogen) atoms. The molecule has 0 amide bonds. The van der Waals surface area contributed by atoms with Crippen molar-refractivity contribution >= 4 is 0 Å². The maximum Gasteiger partial charge on any atom is 0.124 e. The fraction of sp³-hybridized carbons (Fsp3) is 0.667. The summed E-state index contributed by atoms with van der Waals surface area (Å²) in [4.78, 5) is 0. The van der Waals surface area contributed by atoms with Crippen molar-refractivity contribution in [1.82, 2.24) is 5.43 Å². The average Bonchev–Trinajstić information content (AvgIpc) is 2.66. The average molecular weight is 226 g/mol. The topological polar surface area (TPSA) is 60.4 Å². The van der Waals surface area contributed by atoms with E-state index in [0.29, 0.717) is 0 Å². The van der Waals surface area contributed by atoms with E-state index in [1.807, 2.05) is 13.0 Å². The number of aryl methyl sites for hydroxylation is 1. The third-order valence-electron chi connectivity index (χ3n) is 3.01. The molecule has 0 aliphatic carbocycles. The molecule has 0 spiro atoms. The van der Waals surface area contributed by atoms with Crippen molar-refractivity contribution in [3.8, 4) is 0 Å². The van der Waals surface area contributed by atoms with Crippen LogP contribution in [0, 0.1) is 6.92 Å². The van der Waals surface area contributed by atoms with Gasteiger partial charge in [0.05, 0.1) is 17.9 Å². The molecule has 0 aliphatic rings. The predicted molar refractivity (Wildman–Crippen MR) is 63.8 cm³/mol. The highest BCUT2D eigenvalue weighted by Gasteiger charge is 2.22. The molecular weight excluding hydrogens is 204 g/mol. The van der Waals surface area contributed by atoms with Gasteiger partial charge in [0, 0.05) is 7.11 Å². The summed E-state index contributed by atoms with van der Waals surface area (Å²) >= 11 is 0. The molecule has 92 valence electrons. The molecule has 0 aromatic carbocycles. The van der Waals surface area contributed by atoms with Crippen molar-refractivity contribution in [3.63, 3.8) is 0 Å². The van der Waals surface area contributed by atoms with E-state index in [1.165, 1.54) is 0 Å². The zero-order chi connectivity index (χ0) is 12.2. The van der Waals surface area contributed by atoms with Crippen molar-refractivity contribution in [2.24, 2.45) is 5.84 Å². The molecule has 1 aromatic rings. The van der Waals surface area contributed by atoms with Crippen LogP contribution in [0.5, 0.6) is 0 Å². The van der Waals surface area contributed by atoms with Gasteiger partial charge in [-0.25, -0.2) is 5.43 Å². The minimum atomic E-state index is -0.129. The van der Waals surface area contributed by atoms with Crippen LogP contribution in [0.2, 0.25) is 0 Å². The lowest BCUT2D eigenvalue weighted by molar-refractivity contribution is 0.0112. The molecule has 1 unspecified atom stereocenters. The molecule has 0 radical (unpaired) electrons. The number of furan rings is 1. The lowest BCUT2D eigenvalue weighted by atomic mass is 9.97. The minimum absolute atomic E-state index is 0.0458. The first-order chi connectivity index (χ1) is 7.50. The molecular formula is C12H22N2O2. The summed E-state index contributed by atoms with van der Waals surface area (Å²) in [6.07, 6.45) is 3.49. The van der Waals surface area contributed by atoms with E-state index in [0.717, 1.165) is 24.2 Å². The predicted octanol–water partition coefficient (Wildman–Crippen LogP) is 2.30. The Bertz CT molecular complexity index is 321. The SMILES string of the molecule is COC(C)(C)CCC(NN)c1occc1C. The molecule has 3 N–H and O–H groups in total. The second-order valence-electron chi connectivity index (χ2n) is 4.69. The van der Waals surface area contributed by atoms with Gasteiger partial charge in [0.1, 0.15) is 5.76 Å². The zero-order valence-corrected chi connectivity index (χ0v) is 10.5. The molecule has 0 fully saturated rings. The minimum Gasteiger partial charge on any atom is -0.467 e. The molecule has 1 aromatic heterocycles. The standard InChI is InChI=1S/C12H22N2O2/c1-9-6-8-16-11(9)10(14-13)5-7-12(2,3)15-4/h6,8,10,14H,5,7,13H2,1-4H3. The number of ether oxygens (including phenoxy) is 1. The smallest absolute Gasteiger partial charge is 0.124 e. The molecule has 0 bridgehead atoms. The van der Waals surface area contributed by atoms with Crippen LogP contribution in [0.25, 0.3) is 0 Å². The molecule has 1 heterocycles. The monoisotopic (exact) mass is 226 g/mol. The van der Waals surface area contributed by atoms with Crippen LogP contribution in [0.1, 0.15) is 44.1 Å². The van der Waals surface area contributed by atoms with Crippen molar-refractivity contribution in [1.29, 1.82) is 0 Å². The number of methoxy groups -OCH3 is 1. The summed E-state index contributed by atoms with van der Waals surface area (Å²) in [5.74, 6) is 6.46. The van der Waals surface area contributed by atoms with Gasteiger partial charge in [0.2, 0.25) is 0 Å². The Morgan fingerprint density at radius 3 is 2.69 bits per heavy atom. The molecule has 1 atom stereocenters. The molecule has 0 saturated carbocycles. The van der Waals surface area contributed by atoms with Gasteiger partial charge in [-0.1, -0.05) is 0 Å². The largest absolute Gasteiger partial charge is 0.467 e. The lowest BCUT2D eigenvalue weighted by Gasteiger charge is -2.25. The molecule has 0 saturated heterocycles. The first-order valence-corrected chi connectivity index (χ1v) is 5.55. The highest BCUT2D eigenvalue weighted by Crippen LogP contribution is 2.26. The second-order valence-corrected chi connectivity index (χ2v) is 4.69. The molecule has 4 heteroatoms. The highest BCUT2D eigenvalue weighted by atomic mass is 16.5. The van der Waals surface area contributed by atoms with E-state index in [1.54, 1.807) is 13.4 Å². The summed E-state index contributed by atoms with van der Waals surface area (Å²) in [7, 11) is 1.73. The molecule has 1 rings (SSSR count). The van der Waals surface area contributed by atoms with E-state index in [2.05, 4.69) is 19.3 Å². The van der Waals surface area contributed by atoms with Gasteiger partial charge >= 0.3 is 0 Å². The molecule has 4 nitrogen and oxygen atoms in total. The first-order valence-electron chi connectivity index (χ1n) is 5.55. The Hall–Kier alpha value is -0.840. The number of hydrogen-bond donors (Lipinski definition) is 2. The maximum atomic E-state index is 5.55. The van der Waals surface area contributed by atoms with Gasteiger partial charge in [-0.05, 0) is 45.2 Å². The van der Waals surface area contributed by atoms with E-state index < -0.39 is 0 Å². The Kier molecular flexibility index (Phi) is 4.53. The third kappa shape index (κ3) is 3.33. The Morgan fingerprint density at radius 1 is 1.56 bits per heavy atom. The Labute approximate surface area is 97.1 Å². The summed E-state index contributed by atoms with van der Waals surface area (Å²) in [6.45, 7) is 6.15. The fourth-order valence-electron chi connectivity index (χ4n) is 1.63. The number of rotatable bonds is 6. The molecule has 0 aliphatic heterocycles. The third-order valence-corrected chi connectivity index (χ3v) is 3.01. The van der Waals surface area contributed by atoms with Crippen LogP contribution in [-0.2, 0) is 4.74 Å². The van der Waals surface area contributed by atoms with Gasteiger partial charge in [-0.3, -0.25) is 5.84 Å². The van der Waals surface area contributed by atoms with Gasteiger partial charge in [-0.2, -0.15) is 0 Å². The summed E-state index contributed by atoms with van der Waals surface area (Å²) in [5.41, 5.74) is 3.79. The second kappa shape index (κ2) is 5.48. The zero-order valence-electron chi connectivity index (χ0n) is 10.5. The van der Waals surface area contributed by atoms with Crippen LogP contribution < -0.4 is 11.3 Å². The number of hydrazine groups is 1. The van der Waals surface area contributed by atoms with Crippen LogP contribution in [0.4, 0.5) is 0 Å². The fourth-order valence-corrected chi connectivity index (χ4v) is 1.63. The number of nitrogens with one attached hydrogen (secondary N) is 1. The van der Waals surface area contributed by atoms with Crippen LogP contribution in [0.3, 0.4) is 0 Å². The Morgan fingerprint density at radius 2 is 2.25 bits per heavy atom. The van der Waals surface area contributed by atoms with Gasteiger partial charge < -0.3 is 9.15 Å². The summed E-state index contributed by atoms with van der Waals surface area (Å²) < 4.78 is 10.8. The van der Waals surface area contributed by atoms with Crippen molar-refractivity contribution in [2.45, 2.75) is 45.3 Å². The normalized spacial score (nSPS) is 14.1. The van der Waals surface area contributed by atoms with Crippen molar-refractivity contribution in [2.75, 3.05) is 7.11 Å². The number of nitrogens with two attached hydrogens (primary N) is 1. The van der Waals surface area contributed by atoms with E-state index >= 15 is 0 Å². The van der Waals surface area contributed by atoms with Crippen LogP contribution in [-0.4, -0.2) is 12.7 Å². The van der Waals surface area contributed by atoms with Crippen molar-refractivity contribution in [3.05, 3.63) is 23.7 Å². The van der Waals surface area contributed by atoms with Gasteiger partial charge in [0.15, 0.2) is 0 Å². The lowest BCUT2D eigenvalue weighted by Crippen LogP contribution is -2.31. The maximum absolute atomic E-state index is 5.55. The van der Waals surface area contributed by atoms with Crippen molar-refractivity contribution < 1.29 is 9.15 Å². The van der Waals surface area contributed by atoms with Gasteiger partial charge in [-0.15, -0.1) is 0 Å². The quantitative estimate of drug-likeness (QED) is 0.577. The van der Waals surface area contributed by atoms with Gasteiger partial charge in [0.25, 0.3) is 0 Å². The highest BCUT2D eigenvalue weighted by molar-refractivity contribution is 5.18. The summed E-state index contributed by atoms with van der Waals surface area (Å²) in [5, 5.41) is 0.